The summed E-state index contributed by atoms with van der Waals surface area (Å²) in [6.45, 7) is 3.81. The summed E-state index contributed by atoms with van der Waals surface area (Å²) in [6, 6.07) is 7.95. The molecule has 0 atom stereocenters. The highest BCUT2D eigenvalue weighted by Crippen LogP contribution is 2.23. The van der Waals surface area contributed by atoms with Crippen LogP contribution in [-0.2, 0) is 0 Å². The smallest absolute Gasteiger partial charge is 0.233 e. The van der Waals surface area contributed by atoms with Crippen LogP contribution in [0.2, 0.25) is 5.02 Å². The van der Waals surface area contributed by atoms with E-state index in [2.05, 4.69) is 10.2 Å². The average molecular weight is 267 g/mol. The molecule has 2 rings (SSSR count). The van der Waals surface area contributed by atoms with Crippen LogP contribution in [0.4, 0.5) is 4.39 Å². The molecule has 94 valence electrons. The summed E-state index contributed by atoms with van der Waals surface area (Å²) in [5.74, 6) is -0.0262. The Hall–Kier alpha value is -1.68. The Morgan fingerprint density at radius 1 is 1.17 bits per heavy atom. The lowest BCUT2D eigenvalue weighted by Crippen LogP contribution is -2.07. The van der Waals surface area contributed by atoms with Gasteiger partial charge >= 0.3 is 0 Å². The third kappa shape index (κ3) is 2.96. The highest BCUT2D eigenvalue weighted by atomic mass is 35.5. The normalized spacial score (nSPS) is 10.7. The molecule has 0 fully saturated rings. The molecular formula is C13H12ClFN2O. The number of aromatic nitrogens is 2. The van der Waals surface area contributed by atoms with Crippen molar-refractivity contribution in [3.8, 4) is 17.1 Å². The molecule has 0 N–H and O–H groups in total. The Morgan fingerprint density at radius 2 is 1.94 bits per heavy atom. The second-order valence-electron chi connectivity index (χ2n) is 4.05. The zero-order valence-electron chi connectivity index (χ0n) is 10.0. The number of hydrogen-bond acceptors (Lipinski definition) is 3. The lowest BCUT2D eigenvalue weighted by molar-refractivity contribution is 0.230. The topological polar surface area (TPSA) is 35.0 Å². The summed E-state index contributed by atoms with van der Waals surface area (Å²) < 4.78 is 18.7. The van der Waals surface area contributed by atoms with Gasteiger partial charge in [0.2, 0.25) is 5.88 Å². The molecule has 0 saturated heterocycles. The minimum Gasteiger partial charge on any atom is -0.474 e. The molecule has 1 aromatic heterocycles. The van der Waals surface area contributed by atoms with E-state index in [4.69, 9.17) is 16.3 Å². The molecule has 1 aromatic carbocycles. The molecule has 0 saturated carbocycles. The highest BCUT2D eigenvalue weighted by Gasteiger charge is 2.06. The van der Waals surface area contributed by atoms with E-state index < -0.39 is 5.82 Å². The fourth-order valence-electron chi connectivity index (χ4n) is 1.43. The maximum absolute atomic E-state index is 13.3. The molecule has 5 heteroatoms. The van der Waals surface area contributed by atoms with Crippen molar-refractivity contribution >= 4 is 11.6 Å². The van der Waals surface area contributed by atoms with Crippen LogP contribution < -0.4 is 4.74 Å². The van der Waals surface area contributed by atoms with Crippen LogP contribution in [0.1, 0.15) is 13.8 Å². The Labute approximate surface area is 110 Å². The van der Waals surface area contributed by atoms with E-state index in [0.29, 0.717) is 17.1 Å². The van der Waals surface area contributed by atoms with Gasteiger partial charge in [-0.2, -0.15) is 0 Å². The number of rotatable bonds is 3. The van der Waals surface area contributed by atoms with Crippen molar-refractivity contribution in [3.63, 3.8) is 0 Å². The minimum absolute atomic E-state index is 0.0399. The fourth-order valence-corrected chi connectivity index (χ4v) is 1.55. The Morgan fingerprint density at radius 3 is 2.50 bits per heavy atom. The van der Waals surface area contributed by atoms with Crippen LogP contribution in [0.3, 0.4) is 0 Å². The lowest BCUT2D eigenvalue weighted by atomic mass is 10.1. The van der Waals surface area contributed by atoms with Gasteiger partial charge in [-0.25, -0.2) is 4.39 Å². The molecule has 0 radical (unpaired) electrons. The predicted octanol–water partition coefficient (Wildman–Crippen LogP) is 3.72. The Kier molecular flexibility index (Phi) is 3.77. The number of halogens is 2. The van der Waals surface area contributed by atoms with Gasteiger partial charge in [-0.3, -0.25) is 0 Å². The second kappa shape index (κ2) is 5.31. The van der Waals surface area contributed by atoms with Crippen molar-refractivity contribution in [2.45, 2.75) is 20.0 Å². The minimum atomic E-state index is -0.474. The van der Waals surface area contributed by atoms with Crippen LogP contribution in [0.25, 0.3) is 11.3 Å². The van der Waals surface area contributed by atoms with E-state index in [1.165, 1.54) is 12.1 Å². The van der Waals surface area contributed by atoms with Crippen molar-refractivity contribution in [2.24, 2.45) is 0 Å². The van der Waals surface area contributed by atoms with Crippen LogP contribution in [0, 0.1) is 5.82 Å². The van der Waals surface area contributed by atoms with E-state index in [9.17, 15) is 4.39 Å². The Balaban J connectivity index is 2.25. The molecule has 0 aliphatic rings. The maximum atomic E-state index is 13.3. The first-order valence-corrected chi connectivity index (χ1v) is 5.90. The van der Waals surface area contributed by atoms with E-state index in [1.807, 2.05) is 13.8 Å². The number of benzene rings is 1. The average Bonchev–Trinajstić information content (AvgIpc) is 2.33. The molecular weight excluding hydrogens is 255 g/mol. The van der Waals surface area contributed by atoms with E-state index >= 15 is 0 Å². The molecule has 0 amide bonds. The van der Waals surface area contributed by atoms with Crippen LogP contribution in [-0.4, -0.2) is 16.3 Å². The Bertz CT molecular complexity index is 543. The molecule has 0 unspecified atom stereocenters. The molecule has 1 heterocycles. The van der Waals surface area contributed by atoms with Crippen LogP contribution >= 0.6 is 11.6 Å². The van der Waals surface area contributed by atoms with E-state index in [1.54, 1.807) is 18.2 Å². The van der Waals surface area contributed by atoms with Gasteiger partial charge in [0, 0.05) is 11.6 Å². The summed E-state index contributed by atoms with van der Waals surface area (Å²) in [6.07, 6.45) is 0.0399. The van der Waals surface area contributed by atoms with Gasteiger partial charge in [0.25, 0.3) is 0 Å². The summed E-state index contributed by atoms with van der Waals surface area (Å²) in [5.41, 5.74) is 1.20. The first-order valence-electron chi connectivity index (χ1n) is 5.52. The number of ether oxygens (including phenoxy) is 1. The van der Waals surface area contributed by atoms with Gasteiger partial charge in [0.1, 0.15) is 5.82 Å². The van der Waals surface area contributed by atoms with Crippen molar-refractivity contribution in [1.29, 1.82) is 0 Å². The summed E-state index contributed by atoms with van der Waals surface area (Å²) in [4.78, 5) is 0. The van der Waals surface area contributed by atoms with Gasteiger partial charge < -0.3 is 4.74 Å². The first-order chi connectivity index (χ1) is 8.56. The predicted molar refractivity (Wildman–Crippen MR) is 68.2 cm³/mol. The standard InChI is InChI=1S/C13H12ClFN2O/c1-8(2)18-13-6-5-12(16-17-13)9-3-4-10(14)11(15)7-9/h3-8H,1-2H3. The molecule has 0 aliphatic heterocycles. The summed E-state index contributed by atoms with van der Waals surface area (Å²) in [5, 5.41) is 8.00. The van der Waals surface area contributed by atoms with Gasteiger partial charge in [-0.1, -0.05) is 17.7 Å². The van der Waals surface area contributed by atoms with Crippen molar-refractivity contribution in [1.82, 2.24) is 10.2 Å². The molecule has 3 nitrogen and oxygen atoms in total. The molecule has 0 spiro atoms. The molecule has 0 bridgehead atoms. The zero-order chi connectivity index (χ0) is 13.1. The largest absolute Gasteiger partial charge is 0.474 e. The maximum Gasteiger partial charge on any atom is 0.233 e. The number of hydrogen-bond donors (Lipinski definition) is 0. The fraction of sp³-hybridized carbons (Fsp3) is 0.231. The first kappa shape index (κ1) is 12.8. The van der Waals surface area contributed by atoms with Crippen molar-refractivity contribution in [3.05, 3.63) is 41.2 Å². The van der Waals surface area contributed by atoms with Crippen LogP contribution in [0.15, 0.2) is 30.3 Å². The van der Waals surface area contributed by atoms with Gasteiger partial charge in [0.15, 0.2) is 0 Å². The third-order valence-electron chi connectivity index (χ3n) is 2.21. The summed E-state index contributed by atoms with van der Waals surface area (Å²) >= 11 is 5.62. The molecule has 0 aliphatic carbocycles. The third-order valence-corrected chi connectivity index (χ3v) is 2.52. The van der Waals surface area contributed by atoms with Gasteiger partial charge in [-0.15, -0.1) is 10.2 Å². The monoisotopic (exact) mass is 266 g/mol. The lowest BCUT2D eigenvalue weighted by Gasteiger charge is -2.08. The number of nitrogens with zero attached hydrogens (tertiary/aromatic N) is 2. The van der Waals surface area contributed by atoms with Gasteiger partial charge in [-0.05, 0) is 32.0 Å². The highest BCUT2D eigenvalue weighted by molar-refractivity contribution is 6.30. The van der Waals surface area contributed by atoms with Crippen LogP contribution in [0.5, 0.6) is 5.88 Å². The van der Waals surface area contributed by atoms with E-state index in [0.717, 1.165) is 0 Å². The molecule has 18 heavy (non-hydrogen) atoms. The SMILES string of the molecule is CC(C)Oc1ccc(-c2ccc(Cl)c(F)c2)nn1. The van der Waals surface area contributed by atoms with Gasteiger partial charge in [0.05, 0.1) is 16.8 Å². The van der Waals surface area contributed by atoms with E-state index in [-0.39, 0.29) is 11.1 Å². The van der Waals surface area contributed by atoms with Crippen molar-refractivity contribution < 1.29 is 9.13 Å². The summed E-state index contributed by atoms with van der Waals surface area (Å²) in [7, 11) is 0. The quantitative estimate of drug-likeness (QED) is 0.849. The van der Waals surface area contributed by atoms with Crippen molar-refractivity contribution in [2.75, 3.05) is 0 Å². The molecule has 2 aromatic rings. The zero-order valence-corrected chi connectivity index (χ0v) is 10.8. The second-order valence-corrected chi connectivity index (χ2v) is 4.46.